The van der Waals surface area contributed by atoms with Crippen LogP contribution < -0.4 is 5.32 Å². The molecule has 0 aliphatic rings. The molecule has 0 aliphatic carbocycles. The van der Waals surface area contributed by atoms with Crippen LogP contribution in [0, 0.1) is 5.92 Å². The molecule has 84 valence electrons. The maximum Gasteiger partial charge on any atom is 0.246 e. The van der Waals surface area contributed by atoms with E-state index in [1.54, 1.807) is 0 Å². The minimum Gasteiger partial charge on any atom is -0.366 e. The third kappa shape index (κ3) is 6.89. The molecule has 1 N–H and O–H groups in total. The van der Waals surface area contributed by atoms with Crippen molar-refractivity contribution in [2.24, 2.45) is 5.92 Å². The van der Waals surface area contributed by atoms with E-state index in [0.717, 1.165) is 0 Å². The van der Waals surface area contributed by atoms with Crippen molar-refractivity contribution in [2.45, 2.75) is 53.2 Å². The Morgan fingerprint density at radius 2 is 1.79 bits per heavy atom. The number of hydrogen-bond acceptors (Lipinski definition) is 2. The fourth-order valence-electron chi connectivity index (χ4n) is 0.744. The molecule has 0 saturated heterocycles. The predicted molar refractivity (Wildman–Crippen MR) is 58.1 cm³/mol. The van der Waals surface area contributed by atoms with Crippen LogP contribution in [0.1, 0.15) is 41.5 Å². The molecule has 1 unspecified atom stereocenters. The molecule has 0 heterocycles. The summed E-state index contributed by atoms with van der Waals surface area (Å²) in [5.41, 5.74) is -0.252. The van der Waals surface area contributed by atoms with E-state index in [0.29, 0.717) is 5.92 Å². The van der Waals surface area contributed by atoms with Crippen molar-refractivity contribution in [3.63, 3.8) is 0 Å². The fourth-order valence-corrected chi connectivity index (χ4v) is 0.744. The SMILES string of the molecule is CC(C)C(C)NC(=O)COC(C)(C)C. The zero-order chi connectivity index (χ0) is 11.4. The van der Waals surface area contributed by atoms with Crippen LogP contribution in [-0.4, -0.2) is 24.2 Å². The number of carbonyl (C=O) groups excluding carboxylic acids is 1. The second kappa shape index (κ2) is 5.35. The molecule has 1 amide bonds. The summed E-state index contributed by atoms with van der Waals surface area (Å²) < 4.78 is 5.36. The standard InChI is InChI=1S/C11H23NO2/c1-8(2)9(3)12-10(13)7-14-11(4,5)6/h8-9H,7H2,1-6H3,(H,12,13). The van der Waals surface area contributed by atoms with Crippen LogP contribution in [0.3, 0.4) is 0 Å². The van der Waals surface area contributed by atoms with Crippen molar-refractivity contribution >= 4 is 5.91 Å². The summed E-state index contributed by atoms with van der Waals surface area (Å²) in [4.78, 5) is 11.4. The van der Waals surface area contributed by atoms with Gasteiger partial charge in [-0.1, -0.05) is 13.8 Å². The van der Waals surface area contributed by atoms with Gasteiger partial charge in [0.1, 0.15) is 6.61 Å². The van der Waals surface area contributed by atoms with E-state index in [-0.39, 0.29) is 24.2 Å². The van der Waals surface area contributed by atoms with Crippen LogP contribution in [0.25, 0.3) is 0 Å². The highest BCUT2D eigenvalue weighted by atomic mass is 16.5. The molecule has 0 fully saturated rings. The van der Waals surface area contributed by atoms with E-state index in [1.807, 2.05) is 27.7 Å². The molecule has 14 heavy (non-hydrogen) atoms. The van der Waals surface area contributed by atoms with Crippen LogP contribution >= 0.6 is 0 Å². The van der Waals surface area contributed by atoms with Crippen molar-refractivity contribution in [2.75, 3.05) is 6.61 Å². The molecule has 3 heteroatoms. The number of nitrogens with one attached hydrogen (secondary N) is 1. The molecule has 3 nitrogen and oxygen atoms in total. The smallest absolute Gasteiger partial charge is 0.246 e. The van der Waals surface area contributed by atoms with Crippen molar-refractivity contribution in [1.82, 2.24) is 5.32 Å². The molecule has 1 atom stereocenters. The molecule has 0 rings (SSSR count). The van der Waals surface area contributed by atoms with Gasteiger partial charge in [0.2, 0.25) is 5.91 Å². The van der Waals surface area contributed by atoms with Gasteiger partial charge in [-0.15, -0.1) is 0 Å². The summed E-state index contributed by atoms with van der Waals surface area (Å²) in [6, 6.07) is 0.200. The van der Waals surface area contributed by atoms with Gasteiger partial charge in [-0.3, -0.25) is 4.79 Å². The molecule has 0 spiro atoms. The average Bonchev–Trinajstić information content (AvgIpc) is 1.99. The highest BCUT2D eigenvalue weighted by Crippen LogP contribution is 2.06. The molecular formula is C11H23NO2. The summed E-state index contributed by atoms with van der Waals surface area (Å²) in [5, 5.41) is 2.89. The Morgan fingerprint density at radius 1 is 1.29 bits per heavy atom. The molecule has 0 aromatic carbocycles. The fraction of sp³-hybridized carbons (Fsp3) is 0.909. The van der Waals surface area contributed by atoms with E-state index >= 15 is 0 Å². The Bertz CT molecular complexity index is 182. The van der Waals surface area contributed by atoms with Gasteiger partial charge in [-0.05, 0) is 33.6 Å². The summed E-state index contributed by atoms with van der Waals surface area (Å²) >= 11 is 0. The molecule has 0 aromatic rings. The Balaban J connectivity index is 3.77. The number of rotatable bonds is 4. The van der Waals surface area contributed by atoms with E-state index in [4.69, 9.17) is 4.74 Å². The van der Waals surface area contributed by atoms with Crippen molar-refractivity contribution in [3.05, 3.63) is 0 Å². The van der Waals surface area contributed by atoms with Crippen LogP contribution in [0.4, 0.5) is 0 Å². The van der Waals surface area contributed by atoms with Gasteiger partial charge in [-0.25, -0.2) is 0 Å². The number of hydrogen-bond donors (Lipinski definition) is 1. The lowest BCUT2D eigenvalue weighted by molar-refractivity contribution is -0.131. The summed E-state index contributed by atoms with van der Waals surface area (Å²) in [6.07, 6.45) is 0. The minimum atomic E-state index is -0.252. The molecule has 0 radical (unpaired) electrons. The Kier molecular flexibility index (Phi) is 5.13. The Hall–Kier alpha value is -0.570. The van der Waals surface area contributed by atoms with Gasteiger partial charge in [0.15, 0.2) is 0 Å². The van der Waals surface area contributed by atoms with Crippen LogP contribution in [0.15, 0.2) is 0 Å². The third-order valence-corrected chi connectivity index (χ3v) is 2.02. The van der Waals surface area contributed by atoms with Gasteiger partial charge in [0.25, 0.3) is 0 Å². The zero-order valence-electron chi connectivity index (χ0n) is 10.2. The highest BCUT2D eigenvalue weighted by Gasteiger charge is 2.15. The van der Waals surface area contributed by atoms with Crippen LogP contribution in [0.2, 0.25) is 0 Å². The number of amides is 1. The second-order valence-corrected chi connectivity index (χ2v) is 5.00. The van der Waals surface area contributed by atoms with Crippen LogP contribution in [-0.2, 0) is 9.53 Å². The van der Waals surface area contributed by atoms with Crippen molar-refractivity contribution in [1.29, 1.82) is 0 Å². The minimum absolute atomic E-state index is 0.0406. The third-order valence-electron chi connectivity index (χ3n) is 2.02. The van der Waals surface area contributed by atoms with Gasteiger partial charge in [-0.2, -0.15) is 0 Å². The first-order valence-corrected chi connectivity index (χ1v) is 5.15. The molecule has 0 bridgehead atoms. The van der Waals surface area contributed by atoms with E-state index in [1.165, 1.54) is 0 Å². The van der Waals surface area contributed by atoms with Crippen molar-refractivity contribution < 1.29 is 9.53 Å². The van der Waals surface area contributed by atoms with Gasteiger partial charge in [0, 0.05) is 6.04 Å². The number of carbonyl (C=O) groups is 1. The largest absolute Gasteiger partial charge is 0.366 e. The van der Waals surface area contributed by atoms with E-state index < -0.39 is 0 Å². The highest BCUT2D eigenvalue weighted by molar-refractivity contribution is 5.77. The van der Waals surface area contributed by atoms with Gasteiger partial charge >= 0.3 is 0 Å². The van der Waals surface area contributed by atoms with E-state index in [9.17, 15) is 4.79 Å². The lowest BCUT2D eigenvalue weighted by atomic mass is 10.1. The molecular weight excluding hydrogens is 178 g/mol. The quantitative estimate of drug-likeness (QED) is 0.755. The second-order valence-electron chi connectivity index (χ2n) is 5.00. The lowest BCUT2D eigenvalue weighted by Crippen LogP contribution is -2.39. The van der Waals surface area contributed by atoms with Crippen LogP contribution in [0.5, 0.6) is 0 Å². The maximum absolute atomic E-state index is 11.4. The first-order valence-electron chi connectivity index (χ1n) is 5.15. The molecule has 0 aromatic heterocycles. The van der Waals surface area contributed by atoms with Crippen molar-refractivity contribution in [3.8, 4) is 0 Å². The molecule has 0 saturated carbocycles. The lowest BCUT2D eigenvalue weighted by Gasteiger charge is -2.21. The van der Waals surface area contributed by atoms with Gasteiger partial charge in [0.05, 0.1) is 5.60 Å². The summed E-state index contributed by atoms with van der Waals surface area (Å²) in [6.45, 7) is 12.1. The average molecular weight is 201 g/mol. The number of ether oxygens (including phenoxy) is 1. The Labute approximate surface area is 87.2 Å². The zero-order valence-corrected chi connectivity index (χ0v) is 10.2. The molecule has 0 aliphatic heterocycles. The first kappa shape index (κ1) is 13.4. The Morgan fingerprint density at radius 3 is 2.14 bits per heavy atom. The first-order chi connectivity index (χ1) is 6.22. The summed E-state index contributed by atoms with van der Waals surface area (Å²) in [7, 11) is 0. The normalized spacial score (nSPS) is 14.2. The van der Waals surface area contributed by atoms with Gasteiger partial charge < -0.3 is 10.1 Å². The van der Waals surface area contributed by atoms with E-state index in [2.05, 4.69) is 19.2 Å². The predicted octanol–water partition coefficient (Wildman–Crippen LogP) is 1.96. The monoisotopic (exact) mass is 201 g/mol. The topological polar surface area (TPSA) is 38.3 Å². The summed E-state index contributed by atoms with van der Waals surface area (Å²) in [5.74, 6) is 0.412. The maximum atomic E-state index is 11.4.